The van der Waals surface area contributed by atoms with Gasteiger partial charge in [0.2, 0.25) is 0 Å². The van der Waals surface area contributed by atoms with E-state index in [0.717, 1.165) is 41.0 Å². The van der Waals surface area contributed by atoms with E-state index in [1.165, 1.54) is 5.56 Å². The van der Waals surface area contributed by atoms with E-state index in [4.69, 9.17) is 17.3 Å². The second-order valence-electron chi connectivity index (χ2n) is 7.14. The summed E-state index contributed by atoms with van der Waals surface area (Å²) in [6.07, 6.45) is 2.49. The number of hydrogen-bond acceptors (Lipinski definition) is 2. The van der Waals surface area contributed by atoms with Gasteiger partial charge in [-0.25, -0.2) is 0 Å². The van der Waals surface area contributed by atoms with E-state index in [1.54, 1.807) is 0 Å². The summed E-state index contributed by atoms with van der Waals surface area (Å²) in [5.41, 5.74) is 10.4. The zero-order chi connectivity index (χ0) is 18.0. The Bertz CT molecular complexity index is 737. The fraction of sp³-hybridized carbons (Fsp3) is 0.381. The molecule has 0 aromatic heterocycles. The topological polar surface area (TPSA) is 46.3 Å². The van der Waals surface area contributed by atoms with Gasteiger partial charge in [0.1, 0.15) is 0 Å². The van der Waals surface area contributed by atoms with Crippen LogP contribution in [-0.4, -0.2) is 29.4 Å². The van der Waals surface area contributed by atoms with Crippen molar-refractivity contribution in [1.82, 2.24) is 4.90 Å². The number of aryl methyl sites for hydroxylation is 2. The molecule has 3 rings (SSSR count). The molecule has 0 spiro atoms. The fourth-order valence-corrected chi connectivity index (χ4v) is 3.83. The first-order chi connectivity index (χ1) is 11.9. The van der Waals surface area contributed by atoms with Crippen molar-refractivity contribution >= 4 is 17.5 Å². The number of carbonyl (C=O) groups excluding carboxylic acids is 1. The van der Waals surface area contributed by atoms with Crippen LogP contribution in [0.4, 0.5) is 0 Å². The molecule has 2 atom stereocenters. The molecule has 1 amide bonds. The molecule has 0 saturated carbocycles. The number of nitrogens with two attached hydrogens (primary N) is 1. The average molecular weight is 357 g/mol. The van der Waals surface area contributed by atoms with Crippen molar-refractivity contribution in [2.75, 3.05) is 6.54 Å². The molecule has 4 heteroatoms. The van der Waals surface area contributed by atoms with E-state index in [9.17, 15) is 4.79 Å². The molecule has 3 nitrogen and oxygen atoms in total. The van der Waals surface area contributed by atoms with Gasteiger partial charge < -0.3 is 10.6 Å². The number of halogens is 1. The third-order valence-electron chi connectivity index (χ3n) is 4.87. The zero-order valence-electron chi connectivity index (χ0n) is 14.8. The van der Waals surface area contributed by atoms with Crippen LogP contribution in [0.2, 0.25) is 5.02 Å². The van der Waals surface area contributed by atoms with Crippen LogP contribution in [0.15, 0.2) is 42.5 Å². The van der Waals surface area contributed by atoms with E-state index in [-0.39, 0.29) is 18.0 Å². The fourth-order valence-electron chi connectivity index (χ4n) is 3.70. The van der Waals surface area contributed by atoms with E-state index < -0.39 is 0 Å². The maximum Gasteiger partial charge on any atom is 0.254 e. The van der Waals surface area contributed by atoms with E-state index in [1.807, 2.05) is 55.1 Å². The third-order valence-corrected chi connectivity index (χ3v) is 5.12. The van der Waals surface area contributed by atoms with E-state index >= 15 is 0 Å². The zero-order valence-corrected chi connectivity index (χ0v) is 15.6. The summed E-state index contributed by atoms with van der Waals surface area (Å²) in [5, 5.41) is 0.729. The number of piperidine rings is 1. The Labute approximate surface area is 154 Å². The van der Waals surface area contributed by atoms with Crippen molar-refractivity contribution in [3.8, 4) is 0 Å². The Hall–Kier alpha value is -1.84. The van der Waals surface area contributed by atoms with Gasteiger partial charge in [-0.1, -0.05) is 40.9 Å². The molecule has 132 valence electrons. The number of likely N-dealkylation sites (tertiary alicyclic amines) is 1. The standard InChI is InChI=1S/C21H25ClN2O/c1-14-9-15(2)11-17(10-14)21(25)24-8-7-19(23)13-20(24)12-16-3-5-18(22)6-4-16/h3-6,9-11,19-20H,7-8,12-13,23H2,1-2H3. The Morgan fingerprint density at radius 2 is 1.80 bits per heavy atom. The average Bonchev–Trinajstić information content (AvgIpc) is 2.56. The third kappa shape index (κ3) is 4.42. The molecule has 1 fully saturated rings. The first-order valence-corrected chi connectivity index (χ1v) is 9.19. The smallest absolute Gasteiger partial charge is 0.254 e. The van der Waals surface area contributed by atoms with Gasteiger partial charge in [0.15, 0.2) is 0 Å². The molecule has 0 aliphatic carbocycles. The van der Waals surface area contributed by atoms with Crippen molar-refractivity contribution < 1.29 is 4.79 Å². The summed E-state index contributed by atoms with van der Waals surface area (Å²) < 4.78 is 0. The van der Waals surface area contributed by atoms with Crippen molar-refractivity contribution in [1.29, 1.82) is 0 Å². The van der Waals surface area contributed by atoms with Crippen LogP contribution in [0.3, 0.4) is 0 Å². The van der Waals surface area contributed by atoms with Crippen LogP contribution in [0, 0.1) is 13.8 Å². The summed E-state index contributed by atoms with van der Waals surface area (Å²) in [5.74, 6) is 0.109. The number of benzene rings is 2. The second-order valence-corrected chi connectivity index (χ2v) is 7.58. The van der Waals surface area contributed by atoms with Crippen molar-refractivity contribution in [3.05, 3.63) is 69.7 Å². The van der Waals surface area contributed by atoms with Gasteiger partial charge in [-0.3, -0.25) is 4.79 Å². The van der Waals surface area contributed by atoms with Gasteiger partial charge in [0, 0.05) is 29.2 Å². The SMILES string of the molecule is Cc1cc(C)cc(C(=O)N2CCC(N)CC2Cc2ccc(Cl)cc2)c1. The Balaban J connectivity index is 1.83. The van der Waals surface area contributed by atoms with Gasteiger partial charge in [-0.05, 0) is 62.9 Å². The predicted molar refractivity (Wildman–Crippen MR) is 103 cm³/mol. The van der Waals surface area contributed by atoms with Crippen LogP contribution < -0.4 is 5.73 Å². The van der Waals surface area contributed by atoms with Crippen LogP contribution in [0.5, 0.6) is 0 Å². The second kappa shape index (κ2) is 7.59. The van der Waals surface area contributed by atoms with Gasteiger partial charge in [0.25, 0.3) is 5.91 Å². The molecular formula is C21H25ClN2O. The summed E-state index contributed by atoms with van der Waals surface area (Å²) in [6, 6.07) is 14.2. The predicted octanol–water partition coefficient (Wildman–Crippen LogP) is 4.13. The summed E-state index contributed by atoms with van der Waals surface area (Å²) >= 11 is 5.98. The lowest BCUT2D eigenvalue weighted by Gasteiger charge is -2.38. The molecule has 2 N–H and O–H groups in total. The van der Waals surface area contributed by atoms with Gasteiger partial charge in [-0.15, -0.1) is 0 Å². The largest absolute Gasteiger partial charge is 0.335 e. The normalized spacial score (nSPS) is 20.6. The first kappa shape index (κ1) is 18.0. The monoisotopic (exact) mass is 356 g/mol. The number of amides is 1. The molecule has 1 aliphatic heterocycles. The molecule has 2 aromatic carbocycles. The van der Waals surface area contributed by atoms with Crippen molar-refractivity contribution in [3.63, 3.8) is 0 Å². The highest BCUT2D eigenvalue weighted by molar-refractivity contribution is 6.30. The van der Waals surface area contributed by atoms with Crippen LogP contribution in [-0.2, 0) is 6.42 Å². The molecule has 2 unspecified atom stereocenters. The lowest BCUT2D eigenvalue weighted by Crippen LogP contribution is -2.50. The molecular weight excluding hydrogens is 332 g/mol. The number of nitrogens with zero attached hydrogens (tertiary/aromatic N) is 1. The minimum Gasteiger partial charge on any atom is -0.335 e. The molecule has 2 aromatic rings. The Kier molecular flexibility index (Phi) is 5.45. The number of rotatable bonds is 3. The highest BCUT2D eigenvalue weighted by atomic mass is 35.5. The van der Waals surface area contributed by atoms with Crippen molar-refractivity contribution in [2.45, 2.75) is 45.2 Å². The van der Waals surface area contributed by atoms with Crippen LogP contribution in [0.25, 0.3) is 0 Å². The maximum absolute atomic E-state index is 13.1. The van der Waals surface area contributed by atoms with Crippen LogP contribution in [0.1, 0.15) is 39.9 Å². The van der Waals surface area contributed by atoms with E-state index in [0.29, 0.717) is 6.54 Å². The molecule has 1 heterocycles. The van der Waals surface area contributed by atoms with Gasteiger partial charge in [0.05, 0.1) is 0 Å². The number of hydrogen-bond donors (Lipinski definition) is 1. The molecule has 1 saturated heterocycles. The van der Waals surface area contributed by atoms with Crippen LogP contribution >= 0.6 is 11.6 Å². The minimum atomic E-state index is 0.109. The summed E-state index contributed by atoms with van der Waals surface area (Å²) in [4.78, 5) is 15.1. The number of carbonyl (C=O) groups is 1. The van der Waals surface area contributed by atoms with Gasteiger partial charge in [-0.2, -0.15) is 0 Å². The lowest BCUT2D eigenvalue weighted by molar-refractivity contribution is 0.0595. The van der Waals surface area contributed by atoms with Gasteiger partial charge >= 0.3 is 0 Å². The lowest BCUT2D eigenvalue weighted by atomic mass is 9.91. The quantitative estimate of drug-likeness (QED) is 0.898. The highest BCUT2D eigenvalue weighted by Gasteiger charge is 2.31. The Morgan fingerprint density at radius 1 is 1.16 bits per heavy atom. The first-order valence-electron chi connectivity index (χ1n) is 8.81. The van der Waals surface area contributed by atoms with Crippen molar-refractivity contribution in [2.24, 2.45) is 5.73 Å². The molecule has 1 aliphatic rings. The van der Waals surface area contributed by atoms with E-state index in [2.05, 4.69) is 6.07 Å². The summed E-state index contributed by atoms with van der Waals surface area (Å²) in [7, 11) is 0. The minimum absolute atomic E-state index is 0.109. The molecule has 25 heavy (non-hydrogen) atoms. The Morgan fingerprint density at radius 3 is 2.44 bits per heavy atom. The molecule has 0 bridgehead atoms. The molecule has 0 radical (unpaired) electrons. The maximum atomic E-state index is 13.1. The summed E-state index contributed by atoms with van der Waals surface area (Å²) in [6.45, 7) is 4.77. The highest BCUT2D eigenvalue weighted by Crippen LogP contribution is 2.24.